The van der Waals surface area contributed by atoms with Crippen LogP contribution in [0.15, 0.2) is 54.6 Å². The molecule has 2 aromatic carbocycles. The molecule has 0 unspecified atom stereocenters. The number of ether oxygens (including phenoxy) is 1. The normalized spacial score (nSPS) is 14.0. The number of benzene rings is 2. The number of carbonyl (C=O) groups excluding carboxylic acids is 3. The summed E-state index contributed by atoms with van der Waals surface area (Å²) < 4.78 is 5.58. The highest BCUT2D eigenvalue weighted by atomic mass is 16.5. The van der Waals surface area contributed by atoms with Gasteiger partial charge in [0.15, 0.2) is 6.61 Å². The van der Waals surface area contributed by atoms with Crippen LogP contribution in [0.4, 0.5) is 0 Å². The average molecular weight is 409 g/mol. The number of rotatable bonds is 6. The Balaban J connectivity index is 1.43. The van der Waals surface area contributed by atoms with Gasteiger partial charge in [-0.2, -0.15) is 0 Å². The maximum atomic E-state index is 12.5. The van der Waals surface area contributed by atoms with Crippen molar-refractivity contribution in [2.45, 2.75) is 13.3 Å². The Morgan fingerprint density at radius 3 is 2.17 bits per heavy atom. The Hall–Kier alpha value is -3.35. The Morgan fingerprint density at radius 2 is 1.50 bits per heavy atom. The van der Waals surface area contributed by atoms with Gasteiger partial charge in [-0.05, 0) is 37.6 Å². The summed E-state index contributed by atoms with van der Waals surface area (Å²) in [5.41, 5.74) is 1.65. The summed E-state index contributed by atoms with van der Waals surface area (Å²) >= 11 is 0. The van der Waals surface area contributed by atoms with E-state index in [0.717, 1.165) is 5.56 Å². The minimum absolute atomic E-state index is 0.0237. The van der Waals surface area contributed by atoms with Crippen molar-refractivity contribution in [1.29, 1.82) is 0 Å². The van der Waals surface area contributed by atoms with Gasteiger partial charge in [-0.1, -0.05) is 35.9 Å². The number of nitrogens with one attached hydrogen (secondary N) is 1. The van der Waals surface area contributed by atoms with Crippen LogP contribution in [0.1, 0.15) is 22.3 Å². The molecule has 1 fully saturated rings. The summed E-state index contributed by atoms with van der Waals surface area (Å²) in [5, 5.41) is 2.66. The van der Waals surface area contributed by atoms with Gasteiger partial charge in [-0.25, -0.2) is 0 Å². The lowest BCUT2D eigenvalue weighted by Gasteiger charge is -2.22. The summed E-state index contributed by atoms with van der Waals surface area (Å²) in [7, 11) is 0. The van der Waals surface area contributed by atoms with Crippen LogP contribution in [0.5, 0.6) is 5.75 Å². The fourth-order valence-corrected chi connectivity index (χ4v) is 3.25. The maximum absolute atomic E-state index is 12.5. The molecule has 1 heterocycles. The van der Waals surface area contributed by atoms with E-state index >= 15 is 0 Å². The molecule has 3 amide bonds. The zero-order valence-electron chi connectivity index (χ0n) is 17.2. The second-order valence-corrected chi connectivity index (χ2v) is 7.27. The van der Waals surface area contributed by atoms with Crippen LogP contribution in [0.3, 0.4) is 0 Å². The number of aryl methyl sites for hydroxylation is 1. The van der Waals surface area contributed by atoms with Crippen LogP contribution in [0.2, 0.25) is 0 Å². The zero-order chi connectivity index (χ0) is 21.3. The van der Waals surface area contributed by atoms with Crippen LogP contribution < -0.4 is 10.1 Å². The molecule has 7 nitrogen and oxygen atoms in total. The lowest BCUT2D eigenvalue weighted by atomic mass is 10.2. The van der Waals surface area contributed by atoms with Gasteiger partial charge in [-0.3, -0.25) is 14.4 Å². The van der Waals surface area contributed by atoms with Crippen LogP contribution in [-0.2, 0) is 9.59 Å². The fourth-order valence-electron chi connectivity index (χ4n) is 3.25. The predicted molar refractivity (Wildman–Crippen MR) is 113 cm³/mol. The lowest BCUT2D eigenvalue weighted by molar-refractivity contribution is -0.134. The van der Waals surface area contributed by atoms with E-state index in [0.29, 0.717) is 43.9 Å². The zero-order valence-corrected chi connectivity index (χ0v) is 17.2. The topological polar surface area (TPSA) is 79.0 Å². The molecule has 30 heavy (non-hydrogen) atoms. The molecule has 3 rings (SSSR count). The van der Waals surface area contributed by atoms with Gasteiger partial charge in [0, 0.05) is 31.7 Å². The van der Waals surface area contributed by atoms with E-state index in [2.05, 4.69) is 5.32 Å². The smallest absolute Gasteiger partial charge is 0.260 e. The molecule has 7 heteroatoms. The Morgan fingerprint density at radius 1 is 0.867 bits per heavy atom. The van der Waals surface area contributed by atoms with Crippen molar-refractivity contribution >= 4 is 17.7 Å². The van der Waals surface area contributed by atoms with Gasteiger partial charge in [0.05, 0.1) is 6.54 Å². The predicted octanol–water partition coefficient (Wildman–Crippen LogP) is 1.86. The van der Waals surface area contributed by atoms with Crippen molar-refractivity contribution in [2.75, 3.05) is 39.3 Å². The maximum Gasteiger partial charge on any atom is 0.260 e. The van der Waals surface area contributed by atoms with Crippen LogP contribution >= 0.6 is 0 Å². The first kappa shape index (κ1) is 21.4. The molecular formula is C23H27N3O4. The van der Waals surface area contributed by atoms with Crippen molar-refractivity contribution in [3.8, 4) is 5.75 Å². The molecule has 0 radical (unpaired) electrons. The molecule has 0 spiro atoms. The van der Waals surface area contributed by atoms with Crippen molar-refractivity contribution in [3.63, 3.8) is 0 Å². The van der Waals surface area contributed by atoms with E-state index in [1.165, 1.54) is 0 Å². The van der Waals surface area contributed by atoms with Crippen molar-refractivity contribution < 1.29 is 19.1 Å². The number of hydrogen-bond donors (Lipinski definition) is 1. The third-order valence-electron chi connectivity index (χ3n) is 5.02. The van der Waals surface area contributed by atoms with E-state index in [-0.39, 0.29) is 30.9 Å². The molecule has 0 aliphatic carbocycles. The summed E-state index contributed by atoms with van der Waals surface area (Å²) in [6.07, 6.45) is 0.689. The summed E-state index contributed by atoms with van der Waals surface area (Å²) in [6, 6.07) is 16.3. The molecule has 0 atom stereocenters. The van der Waals surface area contributed by atoms with Gasteiger partial charge < -0.3 is 19.9 Å². The first-order valence-corrected chi connectivity index (χ1v) is 10.1. The van der Waals surface area contributed by atoms with Gasteiger partial charge in [-0.15, -0.1) is 0 Å². The van der Waals surface area contributed by atoms with Gasteiger partial charge in [0.2, 0.25) is 5.91 Å². The molecule has 1 aliphatic rings. The van der Waals surface area contributed by atoms with E-state index in [1.54, 1.807) is 34.1 Å². The average Bonchev–Trinajstić information content (AvgIpc) is 3.04. The Kier molecular flexibility index (Phi) is 7.43. The van der Waals surface area contributed by atoms with Gasteiger partial charge in [0.25, 0.3) is 11.8 Å². The summed E-state index contributed by atoms with van der Waals surface area (Å²) in [4.78, 5) is 40.5. The van der Waals surface area contributed by atoms with Crippen LogP contribution in [0, 0.1) is 6.92 Å². The number of nitrogens with zero attached hydrogens (tertiary/aromatic N) is 2. The molecule has 1 N–H and O–H groups in total. The molecule has 2 aromatic rings. The number of carbonyl (C=O) groups is 3. The van der Waals surface area contributed by atoms with E-state index in [9.17, 15) is 14.4 Å². The lowest BCUT2D eigenvalue weighted by Crippen LogP contribution is -2.43. The monoisotopic (exact) mass is 409 g/mol. The fraction of sp³-hybridized carbons (Fsp3) is 0.348. The molecule has 158 valence electrons. The van der Waals surface area contributed by atoms with Gasteiger partial charge in [0.1, 0.15) is 5.75 Å². The highest BCUT2D eigenvalue weighted by Crippen LogP contribution is 2.12. The van der Waals surface area contributed by atoms with E-state index in [4.69, 9.17) is 4.74 Å². The minimum atomic E-state index is -0.274. The number of hydrogen-bond acceptors (Lipinski definition) is 4. The largest absolute Gasteiger partial charge is 0.484 e. The SMILES string of the molecule is Cc1ccc(OCC(=O)N2CCCN(C(=O)CNC(=O)c3ccccc3)CC2)cc1. The van der Waals surface area contributed by atoms with E-state index in [1.807, 2.05) is 37.3 Å². The third kappa shape index (κ3) is 6.07. The number of amides is 3. The Bertz CT molecular complexity index is 868. The molecule has 0 saturated carbocycles. The first-order valence-electron chi connectivity index (χ1n) is 10.1. The molecule has 0 bridgehead atoms. The van der Waals surface area contributed by atoms with E-state index < -0.39 is 0 Å². The first-order chi connectivity index (χ1) is 14.5. The Labute approximate surface area is 176 Å². The van der Waals surface area contributed by atoms with Crippen molar-refractivity contribution in [3.05, 3.63) is 65.7 Å². The second kappa shape index (κ2) is 10.4. The quantitative estimate of drug-likeness (QED) is 0.790. The molecule has 1 saturated heterocycles. The summed E-state index contributed by atoms with van der Waals surface area (Å²) in [5.74, 6) is 0.144. The molecule has 0 aromatic heterocycles. The second-order valence-electron chi connectivity index (χ2n) is 7.27. The molecule has 1 aliphatic heterocycles. The highest BCUT2D eigenvalue weighted by Gasteiger charge is 2.22. The van der Waals surface area contributed by atoms with Crippen molar-refractivity contribution in [2.24, 2.45) is 0 Å². The van der Waals surface area contributed by atoms with Gasteiger partial charge >= 0.3 is 0 Å². The minimum Gasteiger partial charge on any atom is -0.484 e. The van der Waals surface area contributed by atoms with Crippen LogP contribution in [0.25, 0.3) is 0 Å². The van der Waals surface area contributed by atoms with Crippen LogP contribution in [-0.4, -0.2) is 66.9 Å². The highest BCUT2D eigenvalue weighted by molar-refractivity contribution is 5.96. The molecular weight excluding hydrogens is 382 g/mol. The third-order valence-corrected chi connectivity index (χ3v) is 5.02. The van der Waals surface area contributed by atoms with Crippen molar-refractivity contribution in [1.82, 2.24) is 15.1 Å². The standard InChI is InChI=1S/C23H27N3O4/c1-18-8-10-20(11-9-18)30-17-22(28)26-13-5-12-25(14-15-26)21(27)16-24-23(29)19-6-3-2-4-7-19/h2-4,6-11H,5,12-17H2,1H3,(H,24,29). The summed E-state index contributed by atoms with van der Waals surface area (Å²) in [6.45, 7) is 3.94.